The van der Waals surface area contributed by atoms with Gasteiger partial charge in [-0.3, -0.25) is 4.79 Å². The van der Waals surface area contributed by atoms with Crippen LogP contribution >= 0.6 is 0 Å². The first kappa shape index (κ1) is 19.0. The second-order valence-corrected chi connectivity index (χ2v) is 7.71. The molecule has 0 spiro atoms. The van der Waals surface area contributed by atoms with Crippen molar-refractivity contribution in [3.8, 4) is 0 Å². The molecular weight excluding hydrogens is 324 g/mol. The summed E-state index contributed by atoms with van der Waals surface area (Å²) in [6, 6.07) is 8.67. The van der Waals surface area contributed by atoms with Gasteiger partial charge in [0, 0.05) is 63.6 Å². The Bertz CT molecular complexity index is 558. The minimum atomic E-state index is 0.271. The molecule has 2 fully saturated rings. The number of anilines is 2. The number of carbonyl (C=O) groups is 1. The van der Waals surface area contributed by atoms with Gasteiger partial charge in [0.25, 0.3) is 0 Å². The number of amides is 1. The van der Waals surface area contributed by atoms with Crippen molar-refractivity contribution in [2.45, 2.75) is 33.1 Å². The van der Waals surface area contributed by atoms with E-state index in [1.165, 1.54) is 18.5 Å². The molecule has 0 radical (unpaired) electrons. The van der Waals surface area contributed by atoms with Crippen molar-refractivity contribution in [1.82, 2.24) is 9.80 Å². The highest BCUT2D eigenvalue weighted by Gasteiger charge is 2.19. The average Bonchev–Trinajstić information content (AvgIpc) is 2.69. The lowest BCUT2D eigenvalue weighted by Gasteiger charge is -2.34. The molecule has 1 amide bonds. The first-order valence-corrected chi connectivity index (χ1v) is 10.2. The van der Waals surface area contributed by atoms with E-state index < -0.39 is 0 Å². The van der Waals surface area contributed by atoms with Crippen molar-refractivity contribution >= 4 is 17.3 Å². The predicted octanol–water partition coefficient (Wildman–Crippen LogP) is 2.89. The van der Waals surface area contributed by atoms with E-state index in [1.807, 2.05) is 4.90 Å². The first-order chi connectivity index (χ1) is 12.7. The fourth-order valence-corrected chi connectivity index (χ4v) is 3.84. The normalized spacial score (nSPS) is 19.6. The van der Waals surface area contributed by atoms with Gasteiger partial charge in [-0.15, -0.1) is 0 Å². The number of nitrogens with zero attached hydrogens (tertiary/aromatic N) is 3. The molecule has 0 aromatic heterocycles. The van der Waals surface area contributed by atoms with E-state index in [0.29, 0.717) is 13.0 Å². The van der Waals surface area contributed by atoms with Crippen molar-refractivity contribution in [3.63, 3.8) is 0 Å². The van der Waals surface area contributed by atoms with Crippen LogP contribution in [0, 0.1) is 5.92 Å². The van der Waals surface area contributed by atoms with Gasteiger partial charge in [0.05, 0.1) is 0 Å². The number of piperidine rings is 1. The number of piperazine rings is 1. The number of hydrogen-bond acceptors (Lipinski definition) is 4. The third kappa shape index (κ3) is 5.13. The maximum absolute atomic E-state index is 12.3. The van der Waals surface area contributed by atoms with E-state index in [4.69, 9.17) is 0 Å². The molecule has 0 atom stereocenters. The summed E-state index contributed by atoms with van der Waals surface area (Å²) in [6.45, 7) is 12.4. The zero-order valence-electron chi connectivity index (χ0n) is 16.4. The van der Waals surface area contributed by atoms with E-state index in [9.17, 15) is 4.79 Å². The summed E-state index contributed by atoms with van der Waals surface area (Å²) in [5.41, 5.74) is 2.41. The Hall–Kier alpha value is -1.75. The van der Waals surface area contributed by atoms with Gasteiger partial charge in [0.2, 0.25) is 5.91 Å². The quantitative estimate of drug-likeness (QED) is 0.849. The molecule has 2 aliphatic heterocycles. The topological polar surface area (TPSA) is 38.8 Å². The first-order valence-electron chi connectivity index (χ1n) is 10.2. The van der Waals surface area contributed by atoms with Gasteiger partial charge in [0.15, 0.2) is 0 Å². The highest BCUT2D eigenvalue weighted by atomic mass is 16.2. The number of hydrogen-bond donors (Lipinski definition) is 1. The molecule has 3 rings (SSSR count). The Kier molecular flexibility index (Phi) is 6.78. The van der Waals surface area contributed by atoms with E-state index in [2.05, 4.69) is 53.2 Å². The van der Waals surface area contributed by atoms with Gasteiger partial charge in [-0.05, 0) is 49.6 Å². The fourth-order valence-electron chi connectivity index (χ4n) is 3.84. The van der Waals surface area contributed by atoms with Crippen LogP contribution in [0.25, 0.3) is 0 Å². The molecule has 1 aromatic rings. The summed E-state index contributed by atoms with van der Waals surface area (Å²) in [6.07, 6.45) is 3.14. The lowest BCUT2D eigenvalue weighted by Crippen LogP contribution is -2.48. The summed E-state index contributed by atoms with van der Waals surface area (Å²) in [5.74, 6) is 1.13. The largest absolute Gasteiger partial charge is 0.385 e. The number of likely N-dealkylation sites (N-methyl/N-ethyl adjacent to an activating group) is 1. The van der Waals surface area contributed by atoms with Crippen molar-refractivity contribution in [2.75, 3.05) is 62.6 Å². The summed E-state index contributed by atoms with van der Waals surface area (Å²) in [5, 5.41) is 3.40. The smallest absolute Gasteiger partial charge is 0.224 e. The average molecular weight is 359 g/mol. The van der Waals surface area contributed by atoms with Gasteiger partial charge >= 0.3 is 0 Å². The molecule has 1 N–H and O–H groups in total. The summed E-state index contributed by atoms with van der Waals surface area (Å²) in [7, 11) is 0. The summed E-state index contributed by atoms with van der Waals surface area (Å²) >= 11 is 0. The highest BCUT2D eigenvalue weighted by Crippen LogP contribution is 2.24. The van der Waals surface area contributed by atoms with Crippen molar-refractivity contribution in [1.29, 1.82) is 0 Å². The van der Waals surface area contributed by atoms with Crippen molar-refractivity contribution < 1.29 is 4.79 Å². The number of benzene rings is 1. The molecule has 2 aliphatic rings. The van der Waals surface area contributed by atoms with Crippen LogP contribution in [0.5, 0.6) is 0 Å². The predicted molar refractivity (Wildman–Crippen MR) is 109 cm³/mol. The van der Waals surface area contributed by atoms with E-state index in [1.54, 1.807) is 0 Å². The summed E-state index contributed by atoms with van der Waals surface area (Å²) in [4.78, 5) is 19.2. The second kappa shape index (κ2) is 9.26. The molecular formula is C21H34N4O. The number of nitrogens with one attached hydrogen (secondary N) is 1. The maximum atomic E-state index is 12.3. The monoisotopic (exact) mass is 358 g/mol. The zero-order chi connectivity index (χ0) is 18.4. The molecule has 0 bridgehead atoms. The molecule has 5 nitrogen and oxygen atoms in total. The molecule has 0 saturated carbocycles. The Balaban J connectivity index is 1.39. The lowest BCUT2D eigenvalue weighted by molar-refractivity contribution is -0.132. The van der Waals surface area contributed by atoms with Gasteiger partial charge in [-0.25, -0.2) is 0 Å². The third-order valence-electron chi connectivity index (χ3n) is 5.86. The van der Waals surface area contributed by atoms with Crippen LogP contribution in [0.4, 0.5) is 11.4 Å². The summed E-state index contributed by atoms with van der Waals surface area (Å²) < 4.78 is 0. The van der Waals surface area contributed by atoms with Crippen LogP contribution in [0.15, 0.2) is 24.3 Å². The molecule has 5 heteroatoms. The van der Waals surface area contributed by atoms with Crippen LogP contribution in [0.2, 0.25) is 0 Å². The van der Waals surface area contributed by atoms with E-state index in [-0.39, 0.29) is 5.91 Å². The van der Waals surface area contributed by atoms with Gasteiger partial charge < -0.3 is 20.0 Å². The van der Waals surface area contributed by atoms with Crippen LogP contribution in [0.1, 0.15) is 33.1 Å². The molecule has 2 saturated heterocycles. The maximum Gasteiger partial charge on any atom is 0.224 e. The molecule has 1 aromatic carbocycles. The molecule has 0 unspecified atom stereocenters. The van der Waals surface area contributed by atoms with Crippen LogP contribution in [-0.2, 0) is 4.79 Å². The SMILES string of the molecule is CCN1CCN(C(=O)CCNc2ccc(N3CCC(C)CC3)cc2)CC1. The van der Waals surface area contributed by atoms with Gasteiger partial charge in [-0.1, -0.05) is 13.8 Å². The fraction of sp³-hybridized carbons (Fsp3) is 0.667. The third-order valence-corrected chi connectivity index (χ3v) is 5.86. The molecule has 0 aliphatic carbocycles. The van der Waals surface area contributed by atoms with Crippen molar-refractivity contribution in [3.05, 3.63) is 24.3 Å². The highest BCUT2D eigenvalue weighted by molar-refractivity contribution is 5.77. The minimum absolute atomic E-state index is 0.271. The van der Waals surface area contributed by atoms with Crippen LogP contribution in [-0.4, -0.2) is 68.1 Å². The standard InChI is InChI=1S/C21H34N4O/c1-3-23-14-16-25(17-15-23)21(26)8-11-22-19-4-6-20(7-5-19)24-12-9-18(2)10-13-24/h4-7,18,22H,3,8-17H2,1-2H3. The lowest BCUT2D eigenvalue weighted by atomic mass is 9.99. The van der Waals surface area contributed by atoms with E-state index >= 15 is 0 Å². The Morgan fingerprint density at radius 3 is 2.31 bits per heavy atom. The number of rotatable bonds is 6. The minimum Gasteiger partial charge on any atom is -0.385 e. The molecule has 144 valence electrons. The van der Waals surface area contributed by atoms with Crippen LogP contribution in [0.3, 0.4) is 0 Å². The van der Waals surface area contributed by atoms with Gasteiger partial charge in [-0.2, -0.15) is 0 Å². The van der Waals surface area contributed by atoms with E-state index in [0.717, 1.165) is 57.4 Å². The molecule has 2 heterocycles. The van der Waals surface area contributed by atoms with Crippen LogP contribution < -0.4 is 10.2 Å². The van der Waals surface area contributed by atoms with Crippen molar-refractivity contribution in [2.24, 2.45) is 5.92 Å². The Morgan fingerprint density at radius 2 is 1.69 bits per heavy atom. The second-order valence-electron chi connectivity index (χ2n) is 7.71. The Morgan fingerprint density at radius 1 is 1.04 bits per heavy atom. The Labute approximate surface area is 158 Å². The number of carbonyl (C=O) groups excluding carboxylic acids is 1. The molecule has 26 heavy (non-hydrogen) atoms. The van der Waals surface area contributed by atoms with Gasteiger partial charge in [0.1, 0.15) is 0 Å². The zero-order valence-corrected chi connectivity index (χ0v) is 16.4.